The molecule has 8 nitrogen and oxygen atoms in total. The summed E-state index contributed by atoms with van der Waals surface area (Å²) in [6.45, 7) is 7.37. The molecule has 0 unspecified atom stereocenters. The molecule has 2 heterocycles. The van der Waals surface area contributed by atoms with Crippen LogP contribution in [0, 0.1) is 0 Å². The Morgan fingerprint density at radius 1 is 1.00 bits per heavy atom. The monoisotopic (exact) mass is 281 g/mol. The van der Waals surface area contributed by atoms with Crippen molar-refractivity contribution in [3.63, 3.8) is 0 Å². The standard InChI is InChI=1S/C12H19N5O3/c1-3-19-11-13-10(14-12(15-11)20-4-2)17-7-5-16(9-18)6-8-17/h9H,3-8H2,1-2H3. The summed E-state index contributed by atoms with van der Waals surface area (Å²) in [7, 11) is 0. The van der Waals surface area contributed by atoms with Gasteiger partial charge in [0.2, 0.25) is 12.4 Å². The van der Waals surface area contributed by atoms with E-state index in [1.165, 1.54) is 0 Å². The van der Waals surface area contributed by atoms with Gasteiger partial charge < -0.3 is 19.3 Å². The number of carbonyl (C=O) groups is 1. The summed E-state index contributed by atoms with van der Waals surface area (Å²) in [5.74, 6) is 0.525. The molecule has 2 rings (SSSR count). The Morgan fingerprint density at radius 3 is 2.00 bits per heavy atom. The second-order valence-electron chi connectivity index (χ2n) is 4.20. The number of aromatic nitrogens is 3. The van der Waals surface area contributed by atoms with Crippen molar-refractivity contribution in [3.05, 3.63) is 0 Å². The number of carbonyl (C=O) groups excluding carboxylic acids is 1. The maximum absolute atomic E-state index is 10.7. The van der Waals surface area contributed by atoms with Crippen molar-refractivity contribution in [1.82, 2.24) is 19.9 Å². The number of hydrogen-bond donors (Lipinski definition) is 0. The molecule has 0 atom stereocenters. The Kier molecular flexibility index (Phi) is 4.91. The van der Waals surface area contributed by atoms with Gasteiger partial charge in [0.25, 0.3) is 0 Å². The average molecular weight is 281 g/mol. The number of amides is 1. The zero-order chi connectivity index (χ0) is 14.4. The molecule has 1 aliphatic rings. The van der Waals surface area contributed by atoms with E-state index in [1.807, 2.05) is 18.7 Å². The molecule has 1 fully saturated rings. The molecule has 0 bridgehead atoms. The van der Waals surface area contributed by atoms with Gasteiger partial charge in [0.1, 0.15) is 0 Å². The van der Waals surface area contributed by atoms with E-state index in [0.717, 1.165) is 6.41 Å². The molecular weight excluding hydrogens is 262 g/mol. The lowest BCUT2D eigenvalue weighted by molar-refractivity contribution is -0.118. The second-order valence-corrected chi connectivity index (χ2v) is 4.20. The molecule has 1 saturated heterocycles. The summed E-state index contributed by atoms with van der Waals surface area (Å²) in [5, 5.41) is 0. The van der Waals surface area contributed by atoms with E-state index in [-0.39, 0.29) is 12.0 Å². The molecule has 0 aliphatic carbocycles. The summed E-state index contributed by atoms with van der Waals surface area (Å²) in [6, 6.07) is 0.525. The largest absolute Gasteiger partial charge is 0.464 e. The van der Waals surface area contributed by atoms with E-state index in [4.69, 9.17) is 9.47 Å². The highest BCUT2D eigenvalue weighted by Gasteiger charge is 2.20. The third kappa shape index (κ3) is 3.46. The van der Waals surface area contributed by atoms with Crippen LogP contribution in [0.3, 0.4) is 0 Å². The minimum Gasteiger partial charge on any atom is -0.464 e. The van der Waals surface area contributed by atoms with Crippen molar-refractivity contribution >= 4 is 12.4 Å². The third-order valence-electron chi connectivity index (χ3n) is 2.88. The van der Waals surface area contributed by atoms with Crippen LogP contribution < -0.4 is 14.4 Å². The van der Waals surface area contributed by atoms with Crippen LogP contribution in [0.1, 0.15) is 13.8 Å². The molecule has 0 N–H and O–H groups in total. The van der Waals surface area contributed by atoms with E-state index >= 15 is 0 Å². The van der Waals surface area contributed by atoms with Crippen molar-refractivity contribution in [2.45, 2.75) is 13.8 Å². The lowest BCUT2D eigenvalue weighted by Gasteiger charge is -2.32. The van der Waals surface area contributed by atoms with Crippen LogP contribution in [0.4, 0.5) is 5.95 Å². The van der Waals surface area contributed by atoms with Crippen LogP contribution in [-0.4, -0.2) is 65.7 Å². The third-order valence-corrected chi connectivity index (χ3v) is 2.88. The van der Waals surface area contributed by atoms with Crippen LogP contribution in [0.5, 0.6) is 12.0 Å². The summed E-state index contributed by atoms with van der Waals surface area (Å²) in [6.07, 6.45) is 0.863. The number of anilines is 1. The van der Waals surface area contributed by atoms with Crippen LogP contribution in [0.15, 0.2) is 0 Å². The molecule has 1 aliphatic heterocycles. The summed E-state index contributed by atoms with van der Waals surface area (Å²) >= 11 is 0. The van der Waals surface area contributed by atoms with E-state index in [1.54, 1.807) is 4.90 Å². The highest BCUT2D eigenvalue weighted by Crippen LogP contribution is 2.17. The molecule has 1 aromatic heterocycles. The number of rotatable bonds is 6. The molecule has 1 aromatic rings. The van der Waals surface area contributed by atoms with Crippen LogP contribution in [0.2, 0.25) is 0 Å². The molecule has 0 aromatic carbocycles. The highest BCUT2D eigenvalue weighted by atomic mass is 16.5. The van der Waals surface area contributed by atoms with Gasteiger partial charge >= 0.3 is 12.0 Å². The zero-order valence-corrected chi connectivity index (χ0v) is 11.8. The number of nitrogens with zero attached hydrogens (tertiary/aromatic N) is 5. The summed E-state index contributed by atoms with van der Waals surface area (Å²) < 4.78 is 10.7. The number of ether oxygens (including phenoxy) is 2. The van der Waals surface area contributed by atoms with E-state index in [9.17, 15) is 4.79 Å². The van der Waals surface area contributed by atoms with Crippen molar-refractivity contribution in [2.24, 2.45) is 0 Å². The fourth-order valence-corrected chi connectivity index (χ4v) is 1.88. The topological polar surface area (TPSA) is 80.7 Å². The normalized spacial score (nSPS) is 15.1. The Labute approximate surface area is 117 Å². The first-order valence-corrected chi connectivity index (χ1v) is 6.72. The Hall–Kier alpha value is -2.12. The Bertz CT molecular complexity index is 424. The van der Waals surface area contributed by atoms with Crippen molar-refractivity contribution in [2.75, 3.05) is 44.3 Å². The predicted octanol–water partition coefficient (Wildman–Crippen LogP) is -0.0526. The predicted molar refractivity (Wildman–Crippen MR) is 72.0 cm³/mol. The lowest BCUT2D eigenvalue weighted by atomic mass is 10.3. The summed E-state index contributed by atoms with van der Waals surface area (Å²) in [4.78, 5) is 27.1. The van der Waals surface area contributed by atoms with Crippen LogP contribution in [-0.2, 0) is 4.79 Å². The molecule has 8 heteroatoms. The average Bonchev–Trinajstić information content (AvgIpc) is 2.48. The minimum absolute atomic E-state index is 0.263. The molecule has 110 valence electrons. The first kappa shape index (κ1) is 14.3. The van der Waals surface area contributed by atoms with E-state index in [0.29, 0.717) is 45.3 Å². The smallest absolute Gasteiger partial charge is 0.324 e. The fourth-order valence-electron chi connectivity index (χ4n) is 1.88. The van der Waals surface area contributed by atoms with Gasteiger partial charge in [0, 0.05) is 26.2 Å². The molecule has 0 saturated carbocycles. The molecule has 20 heavy (non-hydrogen) atoms. The SMILES string of the molecule is CCOc1nc(OCC)nc(N2CCN(C=O)CC2)n1. The zero-order valence-electron chi connectivity index (χ0n) is 11.8. The highest BCUT2D eigenvalue weighted by molar-refractivity contribution is 5.48. The van der Waals surface area contributed by atoms with Gasteiger partial charge in [-0.2, -0.15) is 9.97 Å². The van der Waals surface area contributed by atoms with Crippen molar-refractivity contribution < 1.29 is 14.3 Å². The van der Waals surface area contributed by atoms with Gasteiger partial charge in [-0.3, -0.25) is 4.79 Å². The minimum atomic E-state index is 0.263. The summed E-state index contributed by atoms with van der Waals surface area (Å²) in [5.41, 5.74) is 0. The second kappa shape index (κ2) is 6.88. The van der Waals surface area contributed by atoms with Gasteiger partial charge in [-0.15, -0.1) is 4.98 Å². The Balaban J connectivity index is 2.15. The molecule has 1 amide bonds. The maximum atomic E-state index is 10.7. The Morgan fingerprint density at radius 2 is 1.55 bits per heavy atom. The van der Waals surface area contributed by atoms with Gasteiger partial charge in [-0.1, -0.05) is 0 Å². The molecule has 0 spiro atoms. The van der Waals surface area contributed by atoms with E-state index < -0.39 is 0 Å². The van der Waals surface area contributed by atoms with Crippen LogP contribution in [0.25, 0.3) is 0 Å². The molecule has 0 radical (unpaired) electrons. The number of hydrogen-bond acceptors (Lipinski definition) is 7. The van der Waals surface area contributed by atoms with Gasteiger partial charge in [-0.25, -0.2) is 0 Å². The first-order chi connectivity index (χ1) is 9.76. The van der Waals surface area contributed by atoms with E-state index in [2.05, 4.69) is 15.0 Å². The fraction of sp³-hybridized carbons (Fsp3) is 0.667. The van der Waals surface area contributed by atoms with Gasteiger partial charge in [0.05, 0.1) is 13.2 Å². The maximum Gasteiger partial charge on any atom is 0.324 e. The lowest BCUT2D eigenvalue weighted by Crippen LogP contribution is -2.46. The quantitative estimate of drug-likeness (QED) is 0.676. The van der Waals surface area contributed by atoms with Crippen LogP contribution >= 0.6 is 0 Å². The van der Waals surface area contributed by atoms with Crippen molar-refractivity contribution in [3.8, 4) is 12.0 Å². The van der Waals surface area contributed by atoms with Gasteiger partial charge in [0.15, 0.2) is 0 Å². The van der Waals surface area contributed by atoms with Crippen molar-refractivity contribution in [1.29, 1.82) is 0 Å². The van der Waals surface area contributed by atoms with Gasteiger partial charge in [-0.05, 0) is 13.8 Å². The number of piperazine rings is 1. The first-order valence-electron chi connectivity index (χ1n) is 6.72. The molecular formula is C12H19N5O3.